The lowest BCUT2D eigenvalue weighted by atomic mass is 10.1. The van der Waals surface area contributed by atoms with Gasteiger partial charge in [0.15, 0.2) is 28.5 Å². The number of rotatable bonds is 7. The smallest absolute Gasteiger partial charge is 0.170 e. The van der Waals surface area contributed by atoms with Crippen LogP contribution in [0.15, 0.2) is 42.7 Å². The summed E-state index contributed by atoms with van der Waals surface area (Å²) in [5.41, 5.74) is 6.65. The molecule has 0 atom stereocenters. The first-order valence-corrected chi connectivity index (χ1v) is 13.5. The number of hydrogen-bond donors (Lipinski definition) is 1. The van der Waals surface area contributed by atoms with Crippen LogP contribution < -0.4 is 19.7 Å². The molecule has 1 saturated heterocycles. The van der Waals surface area contributed by atoms with Crippen LogP contribution in [0.1, 0.15) is 23.9 Å². The largest absolute Gasteiger partial charge is 0.486 e. The number of aryl methyl sites for hydroxylation is 2. The van der Waals surface area contributed by atoms with E-state index in [1.54, 1.807) is 6.33 Å². The fourth-order valence-corrected chi connectivity index (χ4v) is 5.37. The summed E-state index contributed by atoms with van der Waals surface area (Å²) in [6, 6.07) is 12.6. The molecular weight excluding hydrogens is 478 g/mol. The standard InChI is InChI=1S/C29H35N7O2/c1-4-26-33-27-28(30-10-11-34-12-14-35(15-13-34)23-7-5-6-20(2)21(23)3)31-19-32-29(27)36(26)22-8-9-24-25(18-22)38-17-16-37-24/h5-9,18-19H,4,10-17H2,1-3H3,(H,30,31,32). The quantitative estimate of drug-likeness (QED) is 0.397. The van der Waals surface area contributed by atoms with E-state index in [0.717, 1.165) is 85.7 Å². The predicted molar refractivity (Wildman–Crippen MR) is 150 cm³/mol. The third kappa shape index (κ3) is 4.62. The molecule has 9 heteroatoms. The topological polar surface area (TPSA) is 80.6 Å². The van der Waals surface area contributed by atoms with Gasteiger partial charge in [-0.3, -0.25) is 9.47 Å². The van der Waals surface area contributed by atoms with Gasteiger partial charge in [0.25, 0.3) is 0 Å². The summed E-state index contributed by atoms with van der Waals surface area (Å²) < 4.78 is 13.6. The highest BCUT2D eigenvalue weighted by Gasteiger charge is 2.21. The molecule has 2 aliphatic heterocycles. The van der Waals surface area contributed by atoms with E-state index in [-0.39, 0.29) is 0 Å². The third-order valence-corrected chi connectivity index (χ3v) is 7.62. The van der Waals surface area contributed by atoms with Crippen LogP contribution in [-0.4, -0.2) is 76.9 Å². The van der Waals surface area contributed by atoms with E-state index >= 15 is 0 Å². The lowest BCUT2D eigenvalue weighted by molar-refractivity contribution is 0.171. The Morgan fingerprint density at radius 1 is 0.947 bits per heavy atom. The lowest BCUT2D eigenvalue weighted by Gasteiger charge is -2.37. The Labute approximate surface area is 223 Å². The molecule has 0 saturated carbocycles. The molecule has 38 heavy (non-hydrogen) atoms. The maximum Gasteiger partial charge on any atom is 0.170 e. The van der Waals surface area contributed by atoms with Crippen molar-refractivity contribution in [2.45, 2.75) is 27.2 Å². The summed E-state index contributed by atoms with van der Waals surface area (Å²) in [7, 11) is 0. The lowest BCUT2D eigenvalue weighted by Crippen LogP contribution is -2.47. The van der Waals surface area contributed by atoms with Gasteiger partial charge in [0, 0.05) is 57.4 Å². The number of fused-ring (bicyclic) bond motifs is 2. The fraction of sp³-hybridized carbons (Fsp3) is 0.414. The van der Waals surface area contributed by atoms with Crippen molar-refractivity contribution in [2.24, 2.45) is 0 Å². The summed E-state index contributed by atoms with van der Waals surface area (Å²) >= 11 is 0. The Morgan fingerprint density at radius 3 is 2.58 bits per heavy atom. The van der Waals surface area contributed by atoms with Crippen molar-refractivity contribution in [1.82, 2.24) is 24.4 Å². The number of nitrogens with one attached hydrogen (secondary N) is 1. The van der Waals surface area contributed by atoms with Gasteiger partial charge >= 0.3 is 0 Å². The summed E-state index contributed by atoms with van der Waals surface area (Å²) in [5.74, 6) is 3.23. The molecular formula is C29H35N7O2. The van der Waals surface area contributed by atoms with Gasteiger partial charge in [0.05, 0.1) is 5.69 Å². The van der Waals surface area contributed by atoms with E-state index in [4.69, 9.17) is 14.5 Å². The van der Waals surface area contributed by atoms with Crippen molar-refractivity contribution in [3.8, 4) is 17.2 Å². The molecule has 2 aromatic heterocycles. The van der Waals surface area contributed by atoms with Crippen molar-refractivity contribution in [1.29, 1.82) is 0 Å². The number of anilines is 2. The molecule has 4 aromatic rings. The number of nitrogens with zero attached hydrogens (tertiary/aromatic N) is 6. The van der Waals surface area contributed by atoms with Gasteiger partial charge in [-0.05, 0) is 43.2 Å². The Kier molecular flexibility index (Phi) is 6.76. The van der Waals surface area contributed by atoms with Crippen LogP contribution in [0.5, 0.6) is 11.5 Å². The van der Waals surface area contributed by atoms with E-state index < -0.39 is 0 Å². The van der Waals surface area contributed by atoms with Crippen molar-refractivity contribution >= 4 is 22.7 Å². The summed E-state index contributed by atoms with van der Waals surface area (Å²) in [6.07, 6.45) is 2.39. The van der Waals surface area contributed by atoms with Gasteiger partial charge in [-0.25, -0.2) is 15.0 Å². The Bertz CT molecular complexity index is 1440. The fourth-order valence-electron chi connectivity index (χ4n) is 5.37. The van der Waals surface area contributed by atoms with E-state index in [1.807, 2.05) is 18.2 Å². The minimum atomic E-state index is 0.554. The molecule has 198 valence electrons. The normalized spacial score (nSPS) is 15.7. The molecule has 1 fully saturated rings. The number of aromatic nitrogens is 4. The molecule has 1 N–H and O–H groups in total. The number of hydrogen-bond acceptors (Lipinski definition) is 8. The second-order valence-electron chi connectivity index (χ2n) is 9.91. The van der Waals surface area contributed by atoms with Crippen LogP contribution in [0, 0.1) is 13.8 Å². The first-order valence-electron chi connectivity index (χ1n) is 13.5. The van der Waals surface area contributed by atoms with E-state index in [9.17, 15) is 0 Å². The highest BCUT2D eigenvalue weighted by atomic mass is 16.6. The Hall–Kier alpha value is -3.85. The van der Waals surface area contributed by atoms with Gasteiger partial charge < -0.3 is 19.7 Å². The monoisotopic (exact) mass is 513 g/mol. The first-order chi connectivity index (χ1) is 18.6. The maximum absolute atomic E-state index is 5.81. The van der Waals surface area contributed by atoms with Crippen LogP contribution in [-0.2, 0) is 6.42 Å². The zero-order valence-corrected chi connectivity index (χ0v) is 22.4. The van der Waals surface area contributed by atoms with Gasteiger partial charge in [-0.2, -0.15) is 0 Å². The number of ether oxygens (including phenoxy) is 2. The zero-order valence-electron chi connectivity index (χ0n) is 22.4. The number of benzene rings is 2. The average Bonchev–Trinajstić information content (AvgIpc) is 3.34. The number of piperazine rings is 1. The minimum absolute atomic E-state index is 0.554. The van der Waals surface area contributed by atoms with Crippen molar-refractivity contribution in [3.63, 3.8) is 0 Å². The molecule has 0 unspecified atom stereocenters. The van der Waals surface area contributed by atoms with Crippen molar-refractivity contribution in [2.75, 3.05) is 62.7 Å². The third-order valence-electron chi connectivity index (χ3n) is 7.62. The van der Waals surface area contributed by atoms with Gasteiger partial charge in [0.2, 0.25) is 0 Å². The molecule has 4 heterocycles. The minimum Gasteiger partial charge on any atom is -0.486 e. The van der Waals surface area contributed by atoms with Gasteiger partial charge in [0.1, 0.15) is 25.4 Å². The second kappa shape index (κ2) is 10.5. The van der Waals surface area contributed by atoms with Crippen molar-refractivity contribution < 1.29 is 9.47 Å². The molecule has 2 aromatic carbocycles. The molecule has 0 aliphatic carbocycles. The van der Waals surface area contributed by atoms with Gasteiger partial charge in [-0.15, -0.1) is 0 Å². The van der Waals surface area contributed by atoms with E-state index in [2.05, 4.69) is 68.6 Å². The molecule has 0 radical (unpaired) electrons. The number of imidazole rings is 1. The SMILES string of the molecule is CCc1nc2c(NCCN3CCN(c4cccc(C)c4C)CC3)ncnc2n1-c1ccc2c(c1)OCCO2. The van der Waals surface area contributed by atoms with Crippen LogP contribution in [0.3, 0.4) is 0 Å². The second-order valence-corrected chi connectivity index (χ2v) is 9.91. The van der Waals surface area contributed by atoms with E-state index in [0.29, 0.717) is 13.2 Å². The summed E-state index contributed by atoms with van der Waals surface area (Å²) in [6.45, 7) is 13.6. The predicted octanol–water partition coefficient (Wildman–Crippen LogP) is 4.00. The van der Waals surface area contributed by atoms with E-state index in [1.165, 1.54) is 16.8 Å². The molecule has 9 nitrogen and oxygen atoms in total. The molecule has 0 amide bonds. The van der Waals surface area contributed by atoms with Crippen LogP contribution in [0.25, 0.3) is 16.9 Å². The zero-order chi connectivity index (χ0) is 26.1. The Morgan fingerprint density at radius 2 is 1.76 bits per heavy atom. The molecule has 6 rings (SSSR count). The highest BCUT2D eigenvalue weighted by Crippen LogP contribution is 2.34. The average molecular weight is 514 g/mol. The Balaban J connectivity index is 1.14. The van der Waals surface area contributed by atoms with Crippen LogP contribution in [0.2, 0.25) is 0 Å². The van der Waals surface area contributed by atoms with Crippen LogP contribution in [0.4, 0.5) is 11.5 Å². The molecule has 0 bridgehead atoms. The molecule has 2 aliphatic rings. The van der Waals surface area contributed by atoms with Crippen molar-refractivity contribution in [3.05, 3.63) is 59.7 Å². The van der Waals surface area contributed by atoms with Gasteiger partial charge in [-0.1, -0.05) is 19.1 Å². The first kappa shape index (κ1) is 24.5. The van der Waals surface area contributed by atoms with Crippen LogP contribution >= 0.6 is 0 Å². The highest BCUT2D eigenvalue weighted by molar-refractivity contribution is 5.84. The summed E-state index contributed by atoms with van der Waals surface area (Å²) in [4.78, 5) is 19.1. The summed E-state index contributed by atoms with van der Waals surface area (Å²) in [5, 5.41) is 3.53. The maximum atomic E-state index is 5.81. The molecule has 0 spiro atoms.